The highest BCUT2D eigenvalue weighted by molar-refractivity contribution is 7.91. The van der Waals surface area contributed by atoms with Crippen molar-refractivity contribution >= 4 is 21.7 Å². The molecular formula is C15H22N4O3S. The van der Waals surface area contributed by atoms with Crippen LogP contribution in [0.1, 0.15) is 36.7 Å². The van der Waals surface area contributed by atoms with Gasteiger partial charge in [-0.15, -0.1) is 0 Å². The van der Waals surface area contributed by atoms with Gasteiger partial charge in [0.05, 0.1) is 11.5 Å². The molecule has 2 fully saturated rings. The molecule has 1 unspecified atom stereocenters. The summed E-state index contributed by atoms with van der Waals surface area (Å²) in [6.07, 6.45) is 4.34. The first-order chi connectivity index (χ1) is 11.0. The summed E-state index contributed by atoms with van der Waals surface area (Å²) in [4.78, 5) is 25.1. The smallest absolute Gasteiger partial charge is 0.272 e. The number of nitrogens with zero attached hydrogens (tertiary/aromatic N) is 4. The average Bonchev–Trinajstić information content (AvgIpc) is 3.18. The van der Waals surface area contributed by atoms with Crippen LogP contribution in [0.5, 0.6) is 0 Å². The fourth-order valence-corrected chi connectivity index (χ4v) is 5.00. The van der Waals surface area contributed by atoms with Crippen molar-refractivity contribution in [3.8, 4) is 0 Å². The number of hydrogen-bond acceptors (Lipinski definition) is 6. The van der Waals surface area contributed by atoms with E-state index in [2.05, 4.69) is 14.9 Å². The summed E-state index contributed by atoms with van der Waals surface area (Å²) in [6, 6.07) is 1.36. The molecule has 126 valence electrons. The normalized spacial score (nSPS) is 23.2. The zero-order valence-corrected chi connectivity index (χ0v) is 14.1. The zero-order chi connectivity index (χ0) is 16.4. The first-order valence-corrected chi connectivity index (χ1v) is 9.91. The molecule has 0 saturated carbocycles. The third-order valence-electron chi connectivity index (χ3n) is 4.50. The number of carbonyl (C=O) groups excluding carboxylic acids is 1. The number of aromatic nitrogens is 2. The van der Waals surface area contributed by atoms with Crippen molar-refractivity contribution in [3.05, 3.63) is 18.0 Å². The maximum Gasteiger partial charge on any atom is 0.272 e. The van der Waals surface area contributed by atoms with Gasteiger partial charge in [-0.3, -0.25) is 4.79 Å². The number of carbonyl (C=O) groups is 1. The van der Waals surface area contributed by atoms with E-state index in [0.29, 0.717) is 24.6 Å². The largest absolute Gasteiger partial charge is 0.341 e. The van der Waals surface area contributed by atoms with E-state index in [9.17, 15) is 13.2 Å². The van der Waals surface area contributed by atoms with Gasteiger partial charge in [0.2, 0.25) is 5.95 Å². The molecule has 1 amide bonds. The van der Waals surface area contributed by atoms with E-state index in [4.69, 9.17) is 0 Å². The fraction of sp³-hybridized carbons (Fsp3) is 0.667. The van der Waals surface area contributed by atoms with Crippen LogP contribution in [0, 0.1) is 0 Å². The first-order valence-electron chi connectivity index (χ1n) is 8.09. The lowest BCUT2D eigenvalue weighted by Gasteiger charge is -2.26. The summed E-state index contributed by atoms with van der Waals surface area (Å²) < 4.78 is 23.4. The van der Waals surface area contributed by atoms with Crippen molar-refractivity contribution in [1.29, 1.82) is 0 Å². The Kier molecular flexibility index (Phi) is 4.52. The molecule has 3 rings (SSSR count). The Morgan fingerprint density at radius 3 is 2.74 bits per heavy atom. The minimum absolute atomic E-state index is 0.0522. The second-order valence-electron chi connectivity index (χ2n) is 6.08. The van der Waals surface area contributed by atoms with Crippen molar-refractivity contribution in [2.24, 2.45) is 0 Å². The highest BCUT2D eigenvalue weighted by Gasteiger charge is 2.34. The molecule has 0 bridgehead atoms. The molecule has 1 atom stereocenters. The van der Waals surface area contributed by atoms with Crippen LogP contribution in [-0.4, -0.2) is 66.4 Å². The van der Waals surface area contributed by atoms with E-state index in [1.807, 2.05) is 6.92 Å². The van der Waals surface area contributed by atoms with E-state index in [1.165, 1.54) is 0 Å². The van der Waals surface area contributed by atoms with Crippen LogP contribution in [-0.2, 0) is 9.84 Å². The molecular weight excluding hydrogens is 316 g/mol. The monoisotopic (exact) mass is 338 g/mol. The van der Waals surface area contributed by atoms with Crippen molar-refractivity contribution in [2.45, 2.75) is 32.2 Å². The molecule has 2 aliphatic heterocycles. The molecule has 1 aromatic heterocycles. The van der Waals surface area contributed by atoms with Crippen LogP contribution in [0.25, 0.3) is 0 Å². The van der Waals surface area contributed by atoms with Crippen LogP contribution < -0.4 is 4.90 Å². The Bertz CT molecular complexity index is 686. The van der Waals surface area contributed by atoms with E-state index in [1.54, 1.807) is 17.2 Å². The van der Waals surface area contributed by atoms with E-state index in [0.717, 1.165) is 25.9 Å². The summed E-state index contributed by atoms with van der Waals surface area (Å²) in [5.74, 6) is 0.585. The van der Waals surface area contributed by atoms with Crippen LogP contribution >= 0.6 is 0 Å². The Hall–Kier alpha value is -1.70. The minimum Gasteiger partial charge on any atom is -0.341 e. The lowest BCUT2D eigenvalue weighted by atomic mass is 10.2. The fourth-order valence-electron chi connectivity index (χ4n) is 3.27. The summed E-state index contributed by atoms with van der Waals surface area (Å²) in [6.45, 7) is 4.17. The second-order valence-corrected chi connectivity index (χ2v) is 8.31. The molecule has 0 aromatic carbocycles. The van der Waals surface area contributed by atoms with Gasteiger partial charge in [0.15, 0.2) is 9.84 Å². The standard InChI is InChI=1S/C15H22N4O3S/c1-2-19(12-6-10-23(21,22)11-12)14(20)13-5-7-16-15(17-13)18-8-3-4-9-18/h5,7,12H,2-4,6,8-11H2,1H3. The molecule has 23 heavy (non-hydrogen) atoms. The number of amides is 1. The Balaban J connectivity index is 1.79. The SMILES string of the molecule is CCN(C(=O)c1ccnc(N2CCCC2)n1)C1CCS(=O)(=O)C1. The molecule has 2 saturated heterocycles. The van der Waals surface area contributed by atoms with Crippen LogP contribution in [0.15, 0.2) is 12.3 Å². The van der Waals surface area contributed by atoms with Gasteiger partial charge in [-0.1, -0.05) is 0 Å². The average molecular weight is 338 g/mol. The van der Waals surface area contributed by atoms with E-state index >= 15 is 0 Å². The minimum atomic E-state index is -3.02. The number of rotatable bonds is 4. The van der Waals surface area contributed by atoms with Crippen LogP contribution in [0.3, 0.4) is 0 Å². The van der Waals surface area contributed by atoms with Crippen LogP contribution in [0.2, 0.25) is 0 Å². The van der Waals surface area contributed by atoms with Gasteiger partial charge >= 0.3 is 0 Å². The van der Waals surface area contributed by atoms with E-state index in [-0.39, 0.29) is 23.5 Å². The summed E-state index contributed by atoms with van der Waals surface area (Å²) in [5, 5.41) is 0. The van der Waals surface area contributed by atoms with Gasteiger partial charge < -0.3 is 9.80 Å². The molecule has 0 N–H and O–H groups in total. The van der Waals surface area contributed by atoms with Crippen molar-refractivity contribution in [1.82, 2.24) is 14.9 Å². The maximum atomic E-state index is 12.8. The quantitative estimate of drug-likeness (QED) is 0.805. The summed E-state index contributed by atoms with van der Waals surface area (Å²) >= 11 is 0. The predicted molar refractivity (Wildman–Crippen MR) is 87.2 cm³/mol. The highest BCUT2D eigenvalue weighted by Crippen LogP contribution is 2.20. The predicted octanol–water partition coefficient (Wildman–Crippen LogP) is 0.726. The topological polar surface area (TPSA) is 83.5 Å². The molecule has 0 aliphatic carbocycles. The van der Waals surface area contributed by atoms with Gasteiger partial charge in [0.25, 0.3) is 5.91 Å². The maximum absolute atomic E-state index is 12.8. The molecule has 3 heterocycles. The van der Waals surface area contributed by atoms with Crippen molar-refractivity contribution < 1.29 is 13.2 Å². The molecule has 2 aliphatic rings. The highest BCUT2D eigenvalue weighted by atomic mass is 32.2. The number of hydrogen-bond donors (Lipinski definition) is 0. The number of anilines is 1. The third kappa shape index (κ3) is 3.46. The first kappa shape index (κ1) is 16.2. The zero-order valence-electron chi connectivity index (χ0n) is 13.3. The van der Waals surface area contributed by atoms with Crippen molar-refractivity contribution in [3.63, 3.8) is 0 Å². The lowest BCUT2D eigenvalue weighted by molar-refractivity contribution is 0.0702. The Morgan fingerprint density at radius 1 is 1.39 bits per heavy atom. The Morgan fingerprint density at radius 2 is 2.13 bits per heavy atom. The molecule has 7 nitrogen and oxygen atoms in total. The summed E-state index contributed by atoms with van der Waals surface area (Å²) in [7, 11) is -3.02. The van der Waals surface area contributed by atoms with Gasteiger partial charge in [-0.05, 0) is 32.3 Å². The van der Waals surface area contributed by atoms with Crippen molar-refractivity contribution in [2.75, 3.05) is 36.0 Å². The molecule has 0 radical (unpaired) electrons. The Labute approximate surface area is 136 Å². The lowest BCUT2D eigenvalue weighted by Crippen LogP contribution is -2.41. The van der Waals surface area contributed by atoms with Gasteiger partial charge in [0, 0.05) is 31.9 Å². The third-order valence-corrected chi connectivity index (χ3v) is 6.25. The second kappa shape index (κ2) is 6.43. The van der Waals surface area contributed by atoms with Crippen LogP contribution in [0.4, 0.5) is 5.95 Å². The molecule has 8 heteroatoms. The van der Waals surface area contributed by atoms with E-state index < -0.39 is 9.84 Å². The number of sulfone groups is 1. The molecule has 1 aromatic rings. The summed E-state index contributed by atoms with van der Waals surface area (Å²) in [5.41, 5.74) is 0.341. The van der Waals surface area contributed by atoms with Gasteiger partial charge in [-0.2, -0.15) is 0 Å². The van der Waals surface area contributed by atoms with Gasteiger partial charge in [-0.25, -0.2) is 18.4 Å². The van der Waals surface area contributed by atoms with Gasteiger partial charge in [0.1, 0.15) is 5.69 Å². The molecule has 0 spiro atoms.